The van der Waals surface area contributed by atoms with Crippen LogP contribution in [-0.4, -0.2) is 24.0 Å². The first-order valence-electron chi connectivity index (χ1n) is 7.68. The van der Waals surface area contributed by atoms with Gasteiger partial charge in [0.05, 0.1) is 6.04 Å². The number of hydrogen-bond acceptors (Lipinski definition) is 3. The van der Waals surface area contributed by atoms with Gasteiger partial charge in [0.1, 0.15) is 6.10 Å². The zero-order valence-electron chi connectivity index (χ0n) is 13.3. The van der Waals surface area contributed by atoms with E-state index in [9.17, 15) is 9.59 Å². The van der Waals surface area contributed by atoms with Crippen molar-refractivity contribution in [3.63, 3.8) is 0 Å². The Morgan fingerprint density at radius 3 is 2.40 bits per heavy atom. The predicted octanol–water partition coefficient (Wildman–Crippen LogP) is 3.30. The summed E-state index contributed by atoms with van der Waals surface area (Å²) >= 11 is 0. The van der Waals surface area contributed by atoms with Crippen LogP contribution < -0.4 is 5.32 Å². The van der Waals surface area contributed by atoms with Gasteiger partial charge in [-0.3, -0.25) is 4.79 Å². The van der Waals surface area contributed by atoms with Crippen molar-refractivity contribution in [2.45, 2.75) is 72.4 Å². The van der Waals surface area contributed by atoms with Crippen LogP contribution in [0.3, 0.4) is 0 Å². The third kappa shape index (κ3) is 2.57. The number of ketones is 1. The van der Waals surface area contributed by atoms with E-state index in [1.807, 2.05) is 27.7 Å². The molecule has 0 aromatic rings. The molecule has 0 bridgehead atoms. The van der Waals surface area contributed by atoms with Crippen molar-refractivity contribution in [2.24, 2.45) is 16.7 Å². The van der Waals surface area contributed by atoms with E-state index in [1.165, 1.54) is 6.42 Å². The van der Waals surface area contributed by atoms with Gasteiger partial charge in [-0.1, -0.05) is 34.6 Å². The molecular formula is C16H27NO3. The maximum absolute atomic E-state index is 12.1. The molecule has 2 saturated carbocycles. The molecule has 4 heteroatoms. The molecule has 0 radical (unpaired) electrons. The van der Waals surface area contributed by atoms with E-state index < -0.39 is 12.1 Å². The van der Waals surface area contributed by atoms with Crippen LogP contribution >= 0.6 is 0 Å². The van der Waals surface area contributed by atoms with Crippen LogP contribution in [0.4, 0.5) is 4.79 Å². The Kier molecular flexibility index (Phi) is 3.87. The number of amides is 1. The largest absolute Gasteiger partial charge is 0.446 e. The number of ether oxygens (including phenoxy) is 1. The van der Waals surface area contributed by atoms with E-state index >= 15 is 0 Å². The average Bonchev–Trinajstić information content (AvgIpc) is 2.36. The maximum atomic E-state index is 12.1. The van der Waals surface area contributed by atoms with Gasteiger partial charge in [-0.15, -0.1) is 0 Å². The molecule has 2 rings (SSSR count). The van der Waals surface area contributed by atoms with Gasteiger partial charge < -0.3 is 10.1 Å². The SMILES string of the molecule is CCC(=O)C(NC(=O)OC1C[C@H]2CCC12C)C(C)(C)C. The molecule has 0 heterocycles. The van der Waals surface area contributed by atoms with Crippen LogP contribution in [0.2, 0.25) is 0 Å². The van der Waals surface area contributed by atoms with E-state index in [4.69, 9.17) is 4.74 Å². The van der Waals surface area contributed by atoms with Crippen molar-refractivity contribution < 1.29 is 14.3 Å². The number of carbonyl (C=O) groups excluding carboxylic acids is 2. The fourth-order valence-electron chi connectivity index (χ4n) is 3.43. The molecule has 0 aliphatic heterocycles. The number of alkyl carbamates (subject to hydrolysis) is 1. The molecule has 20 heavy (non-hydrogen) atoms. The summed E-state index contributed by atoms with van der Waals surface area (Å²) in [6.07, 6.45) is 3.39. The normalized spacial score (nSPS) is 33.2. The van der Waals surface area contributed by atoms with Gasteiger partial charge in [-0.2, -0.15) is 0 Å². The predicted molar refractivity (Wildman–Crippen MR) is 77.4 cm³/mol. The van der Waals surface area contributed by atoms with Crippen molar-refractivity contribution in [1.29, 1.82) is 0 Å². The number of nitrogens with one attached hydrogen (secondary N) is 1. The molecule has 1 N–H and O–H groups in total. The topological polar surface area (TPSA) is 55.4 Å². The fraction of sp³-hybridized carbons (Fsp3) is 0.875. The highest BCUT2D eigenvalue weighted by atomic mass is 16.6. The minimum absolute atomic E-state index is 0.0265. The molecule has 2 fully saturated rings. The number of rotatable bonds is 4. The molecule has 2 aliphatic rings. The van der Waals surface area contributed by atoms with Gasteiger partial charge in [0.2, 0.25) is 0 Å². The van der Waals surface area contributed by atoms with Crippen LogP contribution in [0, 0.1) is 16.7 Å². The second kappa shape index (κ2) is 5.05. The Hall–Kier alpha value is -1.06. The second-order valence-electron chi connectivity index (χ2n) is 7.63. The van der Waals surface area contributed by atoms with Crippen LogP contribution in [-0.2, 0) is 9.53 Å². The van der Waals surface area contributed by atoms with Crippen molar-refractivity contribution in [1.82, 2.24) is 5.32 Å². The summed E-state index contributed by atoms with van der Waals surface area (Å²) in [7, 11) is 0. The monoisotopic (exact) mass is 281 g/mol. The van der Waals surface area contributed by atoms with Crippen molar-refractivity contribution >= 4 is 11.9 Å². The molecule has 4 atom stereocenters. The summed E-state index contributed by atoms with van der Waals surface area (Å²) in [6, 6.07) is -0.481. The molecule has 4 nitrogen and oxygen atoms in total. The van der Waals surface area contributed by atoms with Crippen LogP contribution in [0.15, 0.2) is 0 Å². The van der Waals surface area contributed by atoms with Gasteiger partial charge >= 0.3 is 6.09 Å². The van der Waals surface area contributed by atoms with E-state index in [-0.39, 0.29) is 22.7 Å². The van der Waals surface area contributed by atoms with Gasteiger partial charge in [0, 0.05) is 11.8 Å². The highest BCUT2D eigenvalue weighted by Gasteiger charge is 2.59. The summed E-state index contributed by atoms with van der Waals surface area (Å²) in [5, 5.41) is 2.77. The van der Waals surface area contributed by atoms with Crippen molar-refractivity contribution in [3.8, 4) is 0 Å². The van der Waals surface area contributed by atoms with E-state index in [0.29, 0.717) is 6.42 Å². The lowest BCUT2D eigenvalue weighted by molar-refractivity contribution is -0.177. The fourth-order valence-corrected chi connectivity index (χ4v) is 3.43. The van der Waals surface area contributed by atoms with E-state index in [1.54, 1.807) is 0 Å². The zero-order chi connectivity index (χ0) is 15.1. The highest BCUT2D eigenvalue weighted by molar-refractivity contribution is 5.87. The first kappa shape index (κ1) is 15.3. The molecule has 0 spiro atoms. The Morgan fingerprint density at radius 2 is 2.05 bits per heavy atom. The molecular weight excluding hydrogens is 254 g/mol. The van der Waals surface area contributed by atoms with Crippen LogP contribution in [0.25, 0.3) is 0 Å². The van der Waals surface area contributed by atoms with Crippen molar-refractivity contribution in [3.05, 3.63) is 0 Å². The lowest BCUT2D eigenvalue weighted by Crippen LogP contribution is -2.61. The van der Waals surface area contributed by atoms with Gasteiger partial charge in [-0.25, -0.2) is 4.79 Å². The third-order valence-electron chi connectivity index (χ3n) is 5.25. The molecule has 1 amide bonds. The molecule has 114 valence electrons. The summed E-state index contributed by atoms with van der Waals surface area (Å²) in [4.78, 5) is 24.0. The van der Waals surface area contributed by atoms with Gasteiger partial charge in [-0.05, 0) is 30.6 Å². The first-order chi connectivity index (χ1) is 9.18. The van der Waals surface area contributed by atoms with Crippen LogP contribution in [0.1, 0.15) is 60.3 Å². The first-order valence-corrected chi connectivity index (χ1v) is 7.68. The molecule has 3 unspecified atom stereocenters. The molecule has 2 aliphatic carbocycles. The minimum Gasteiger partial charge on any atom is -0.446 e. The van der Waals surface area contributed by atoms with Crippen molar-refractivity contribution in [2.75, 3.05) is 0 Å². The summed E-state index contributed by atoms with van der Waals surface area (Å²) in [5.74, 6) is 0.784. The molecule has 0 aromatic heterocycles. The third-order valence-corrected chi connectivity index (χ3v) is 5.25. The Bertz CT molecular complexity index is 412. The maximum Gasteiger partial charge on any atom is 0.408 e. The summed E-state index contributed by atoms with van der Waals surface area (Å²) < 4.78 is 5.54. The standard InChI is InChI=1S/C16H27NO3/c1-6-11(18)13(15(2,3)4)17-14(19)20-12-9-10-7-8-16(10,12)5/h10,12-13H,6-9H2,1-5H3,(H,17,19)/t10-,12?,13?,16?/m1/s1. The van der Waals surface area contributed by atoms with Crippen LogP contribution in [0.5, 0.6) is 0 Å². The van der Waals surface area contributed by atoms with E-state index in [0.717, 1.165) is 18.8 Å². The smallest absolute Gasteiger partial charge is 0.408 e. The number of hydrogen-bond donors (Lipinski definition) is 1. The van der Waals surface area contributed by atoms with Gasteiger partial charge in [0.25, 0.3) is 0 Å². The lowest BCUT2D eigenvalue weighted by atomic mass is 9.47. The summed E-state index contributed by atoms with van der Waals surface area (Å²) in [5.41, 5.74) is -0.0992. The quantitative estimate of drug-likeness (QED) is 0.860. The number of Topliss-reactive ketones (excluding diaryl/α,β-unsaturated/α-hetero) is 1. The number of carbonyl (C=O) groups is 2. The van der Waals surface area contributed by atoms with Gasteiger partial charge in [0.15, 0.2) is 5.78 Å². The second-order valence-corrected chi connectivity index (χ2v) is 7.63. The molecule has 0 aromatic carbocycles. The minimum atomic E-state index is -0.481. The Morgan fingerprint density at radius 1 is 1.40 bits per heavy atom. The lowest BCUT2D eigenvalue weighted by Gasteiger charge is -2.61. The average molecular weight is 281 g/mol. The zero-order valence-corrected chi connectivity index (χ0v) is 13.3. The van der Waals surface area contributed by atoms with E-state index in [2.05, 4.69) is 12.2 Å². The highest BCUT2D eigenvalue weighted by Crippen LogP contribution is 2.61. The number of fused-ring (bicyclic) bond motifs is 1. The summed E-state index contributed by atoms with van der Waals surface area (Å²) in [6.45, 7) is 9.88. The Balaban J connectivity index is 1.91. The Labute approximate surface area is 121 Å². The molecule has 0 saturated heterocycles.